The largest absolute Gasteiger partial charge is 0.481 e. The molecule has 1 aliphatic heterocycles. The number of carbonyl (C=O) groups excluding carboxylic acids is 1. The fourth-order valence-electron chi connectivity index (χ4n) is 2.61. The van der Waals surface area contributed by atoms with Gasteiger partial charge in [0, 0.05) is 12.6 Å². The third kappa shape index (κ3) is 4.18. The maximum absolute atomic E-state index is 12.0. The van der Waals surface area contributed by atoms with Crippen LogP contribution in [0.1, 0.15) is 26.2 Å². The monoisotopic (exact) mass is 284 g/mol. The van der Waals surface area contributed by atoms with Gasteiger partial charge in [0.25, 0.3) is 0 Å². The molecule has 0 bridgehead atoms. The summed E-state index contributed by atoms with van der Waals surface area (Å²) in [5.41, 5.74) is 0. The van der Waals surface area contributed by atoms with Crippen molar-refractivity contribution in [2.45, 2.75) is 32.2 Å². The molecule has 1 saturated heterocycles. The van der Waals surface area contributed by atoms with Gasteiger partial charge >= 0.3 is 5.97 Å². The average molecular weight is 284 g/mol. The fraction of sp³-hybridized carbons (Fsp3) is 0.857. The summed E-state index contributed by atoms with van der Waals surface area (Å²) in [5, 5.41) is 12.1. The molecule has 0 spiro atoms. The van der Waals surface area contributed by atoms with Crippen molar-refractivity contribution in [3.8, 4) is 0 Å². The van der Waals surface area contributed by atoms with Crippen LogP contribution in [0.3, 0.4) is 0 Å². The molecule has 1 heterocycles. The maximum atomic E-state index is 12.0. The molecule has 2 aliphatic rings. The maximum Gasteiger partial charge on any atom is 0.310 e. The number of carbonyl (C=O) groups is 2. The molecule has 2 unspecified atom stereocenters. The van der Waals surface area contributed by atoms with Gasteiger partial charge in [-0.3, -0.25) is 14.5 Å². The van der Waals surface area contributed by atoms with E-state index in [1.807, 2.05) is 11.8 Å². The first-order chi connectivity index (χ1) is 9.61. The molecule has 0 aromatic rings. The quantitative estimate of drug-likeness (QED) is 0.671. The second-order valence-corrected chi connectivity index (χ2v) is 5.77. The van der Waals surface area contributed by atoms with Gasteiger partial charge in [0.15, 0.2) is 0 Å². The third-order valence-corrected chi connectivity index (χ3v) is 3.98. The first-order valence-corrected chi connectivity index (χ1v) is 7.43. The molecule has 1 amide bonds. The predicted octanol–water partition coefficient (Wildman–Crippen LogP) is 0.324. The lowest BCUT2D eigenvalue weighted by atomic mass is 10.0. The normalized spacial score (nSPS) is 25.9. The molecular weight excluding hydrogens is 260 g/mol. The van der Waals surface area contributed by atoms with E-state index in [2.05, 4.69) is 5.32 Å². The number of nitrogens with zero attached hydrogens (tertiary/aromatic N) is 1. The molecule has 2 N–H and O–H groups in total. The van der Waals surface area contributed by atoms with E-state index in [0.717, 1.165) is 13.0 Å². The Hall–Kier alpha value is -1.14. The first-order valence-electron chi connectivity index (χ1n) is 7.43. The Morgan fingerprint density at radius 1 is 1.35 bits per heavy atom. The Labute approximate surface area is 119 Å². The molecule has 2 atom stereocenters. The van der Waals surface area contributed by atoms with Crippen molar-refractivity contribution in [2.24, 2.45) is 11.8 Å². The zero-order valence-corrected chi connectivity index (χ0v) is 12.0. The van der Waals surface area contributed by atoms with Crippen molar-refractivity contribution in [3.63, 3.8) is 0 Å². The molecule has 2 fully saturated rings. The summed E-state index contributed by atoms with van der Waals surface area (Å²) in [7, 11) is 0. The number of amides is 1. The van der Waals surface area contributed by atoms with Crippen LogP contribution < -0.4 is 5.32 Å². The van der Waals surface area contributed by atoms with Crippen LogP contribution >= 0.6 is 0 Å². The van der Waals surface area contributed by atoms with Gasteiger partial charge in [0.2, 0.25) is 5.91 Å². The molecule has 1 saturated carbocycles. The molecule has 0 aromatic heterocycles. The van der Waals surface area contributed by atoms with E-state index >= 15 is 0 Å². The van der Waals surface area contributed by atoms with Crippen LogP contribution in [0.4, 0.5) is 0 Å². The Morgan fingerprint density at radius 3 is 2.70 bits per heavy atom. The molecule has 0 radical (unpaired) electrons. The molecule has 6 heteroatoms. The summed E-state index contributed by atoms with van der Waals surface area (Å²) in [6.45, 7) is 4.40. The van der Waals surface area contributed by atoms with Crippen LogP contribution in [0.5, 0.6) is 0 Å². The first kappa shape index (κ1) is 15.3. The van der Waals surface area contributed by atoms with Crippen LogP contribution in [0.25, 0.3) is 0 Å². The van der Waals surface area contributed by atoms with Crippen LogP contribution in [-0.2, 0) is 14.3 Å². The van der Waals surface area contributed by atoms with Crippen LogP contribution in [0.2, 0.25) is 0 Å². The summed E-state index contributed by atoms with van der Waals surface area (Å²) < 4.78 is 5.29. The Balaban J connectivity index is 1.87. The average Bonchev–Trinajstić information content (AvgIpc) is 3.10. The van der Waals surface area contributed by atoms with Crippen LogP contribution in [-0.4, -0.2) is 60.8 Å². The molecule has 6 nitrogen and oxygen atoms in total. The van der Waals surface area contributed by atoms with E-state index < -0.39 is 11.9 Å². The van der Waals surface area contributed by atoms with Crippen molar-refractivity contribution >= 4 is 11.9 Å². The van der Waals surface area contributed by atoms with Crippen molar-refractivity contribution in [3.05, 3.63) is 0 Å². The number of hydrogen-bond acceptors (Lipinski definition) is 4. The van der Waals surface area contributed by atoms with Gasteiger partial charge in [-0.25, -0.2) is 0 Å². The molecule has 0 aromatic carbocycles. The smallest absolute Gasteiger partial charge is 0.310 e. The number of rotatable bonds is 8. The third-order valence-electron chi connectivity index (χ3n) is 3.98. The minimum Gasteiger partial charge on any atom is -0.481 e. The van der Waals surface area contributed by atoms with E-state index in [1.54, 1.807) is 0 Å². The molecule has 2 rings (SSSR count). The summed E-state index contributed by atoms with van der Waals surface area (Å²) in [4.78, 5) is 25.1. The van der Waals surface area contributed by atoms with Gasteiger partial charge in [0.05, 0.1) is 25.7 Å². The van der Waals surface area contributed by atoms with Crippen LogP contribution in [0, 0.1) is 11.8 Å². The zero-order chi connectivity index (χ0) is 14.5. The Kier molecular flexibility index (Phi) is 5.37. The van der Waals surface area contributed by atoms with E-state index in [1.165, 1.54) is 12.8 Å². The number of aliphatic carboxylic acids is 1. The second kappa shape index (κ2) is 7.04. The Bertz CT molecular complexity index is 357. The molecule has 114 valence electrons. The van der Waals surface area contributed by atoms with Gasteiger partial charge in [-0.2, -0.15) is 0 Å². The van der Waals surface area contributed by atoms with Crippen molar-refractivity contribution < 1.29 is 19.4 Å². The van der Waals surface area contributed by atoms with Gasteiger partial charge in [-0.15, -0.1) is 0 Å². The minimum absolute atomic E-state index is 0.0126. The van der Waals surface area contributed by atoms with Crippen LogP contribution in [0.15, 0.2) is 0 Å². The highest BCUT2D eigenvalue weighted by Gasteiger charge is 2.38. The Morgan fingerprint density at radius 2 is 2.10 bits per heavy atom. The fourth-order valence-corrected chi connectivity index (χ4v) is 2.61. The molecular formula is C14H24N2O4. The van der Waals surface area contributed by atoms with Gasteiger partial charge in [-0.1, -0.05) is 6.92 Å². The number of nitrogens with one attached hydrogen (secondary N) is 1. The number of carboxylic acids is 1. The van der Waals surface area contributed by atoms with Gasteiger partial charge < -0.3 is 15.2 Å². The van der Waals surface area contributed by atoms with E-state index in [-0.39, 0.29) is 25.1 Å². The minimum atomic E-state index is -0.841. The number of ether oxygens (including phenoxy) is 1. The number of hydrogen-bond donors (Lipinski definition) is 2. The van der Waals surface area contributed by atoms with E-state index in [9.17, 15) is 14.7 Å². The zero-order valence-electron chi connectivity index (χ0n) is 12.0. The highest BCUT2D eigenvalue weighted by molar-refractivity contribution is 5.78. The van der Waals surface area contributed by atoms with Crippen molar-refractivity contribution in [1.29, 1.82) is 0 Å². The summed E-state index contributed by atoms with van der Waals surface area (Å²) in [5.74, 6) is -0.730. The lowest BCUT2D eigenvalue weighted by molar-refractivity contribution is -0.143. The standard InChI is InChI=1S/C14H24N2O4/c1-2-5-16(7-13(17)15-6-10-3-4-10)12-9-20-8-11(12)14(18)19/h10-12H,2-9H2,1H3,(H,15,17)(H,18,19). The van der Waals surface area contributed by atoms with Gasteiger partial charge in [0.1, 0.15) is 0 Å². The lowest BCUT2D eigenvalue weighted by Crippen LogP contribution is -2.48. The number of carboxylic acid groups (broad SMARTS) is 1. The summed E-state index contributed by atoms with van der Waals surface area (Å²) >= 11 is 0. The van der Waals surface area contributed by atoms with Gasteiger partial charge in [-0.05, 0) is 31.7 Å². The SMILES string of the molecule is CCCN(CC(=O)NCC1CC1)C1COCC1C(=O)O. The summed E-state index contributed by atoms with van der Waals surface area (Å²) in [6.07, 6.45) is 3.30. The second-order valence-electron chi connectivity index (χ2n) is 5.77. The van der Waals surface area contributed by atoms with E-state index in [0.29, 0.717) is 19.1 Å². The highest BCUT2D eigenvalue weighted by atomic mass is 16.5. The van der Waals surface area contributed by atoms with Crippen molar-refractivity contribution in [2.75, 3.05) is 32.8 Å². The molecule has 1 aliphatic carbocycles. The van der Waals surface area contributed by atoms with Crippen molar-refractivity contribution in [1.82, 2.24) is 10.2 Å². The van der Waals surface area contributed by atoms with E-state index in [4.69, 9.17) is 4.74 Å². The lowest BCUT2D eigenvalue weighted by Gasteiger charge is -2.29. The molecule has 20 heavy (non-hydrogen) atoms. The summed E-state index contributed by atoms with van der Waals surface area (Å²) in [6, 6.07) is -0.195. The highest BCUT2D eigenvalue weighted by Crippen LogP contribution is 2.27. The topological polar surface area (TPSA) is 78.9 Å². The predicted molar refractivity (Wildman–Crippen MR) is 73.3 cm³/mol.